The normalized spacial score (nSPS) is 16.8. The quantitative estimate of drug-likeness (QED) is 0.695. The first-order chi connectivity index (χ1) is 10.4. The molecule has 2 N–H and O–H groups in total. The Bertz CT molecular complexity index is 310. The van der Waals surface area contributed by atoms with Crippen LogP contribution >= 0.6 is 0 Å². The molecule has 0 aromatic carbocycles. The number of hydrogen-bond donors (Lipinski definition) is 1. The highest BCUT2D eigenvalue weighted by Crippen LogP contribution is 2.17. The van der Waals surface area contributed by atoms with Gasteiger partial charge in [-0.15, -0.1) is 0 Å². The van der Waals surface area contributed by atoms with E-state index >= 15 is 0 Å². The molecule has 22 heavy (non-hydrogen) atoms. The molecule has 0 aromatic heterocycles. The summed E-state index contributed by atoms with van der Waals surface area (Å²) in [7, 11) is 0. The number of nitrogens with two attached hydrogens (primary N) is 1. The Kier molecular flexibility index (Phi) is 8.75. The smallest absolute Gasteiger partial charge is 0.410 e. The summed E-state index contributed by atoms with van der Waals surface area (Å²) in [5.41, 5.74) is 4.98. The molecule has 6 nitrogen and oxygen atoms in total. The Morgan fingerprint density at radius 3 is 2.41 bits per heavy atom. The highest BCUT2D eigenvalue weighted by atomic mass is 16.6. The zero-order valence-corrected chi connectivity index (χ0v) is 14.3. The van der Waals surface area contributed by atoms with Crippen LogP contribution in [0.15, 0.2) is 0 Å². The largest absolute Gasteiger partial charge is 0.444 e. The summed E-state index contributed by atoms with van der Waals surface area (Å²) >= 11 is 0. The molecule has 1 amide bonds. The van der Waals surface area contributed by atoms with E-state index in [4.69, 9.17) is 19.9 Å². The fraction of sp³-hybridized carbons (Fsp3) is 0.938. The van der Waals surface area contributed by atoms with E-state index in [0.29, 0.717) is 26.3 Å². The van der Waals surface area contributed by atoms with Crippen LogP contribution in [0.3, 0.4) is 0 Å². The average Bonchev–Trinajstić information content (AvgIpc) is 2.45. The molecule has 0 saturated carbocycles. The lowest BCUT2D eigenvalue weighted by molar-refractivity contribution is -0.0295. The van der Waals surface area contributed by atoms with Gasteiger partial charge in [0.25, 0.3) is 0 Å². The maximum Gasteiger partial charge on any atom is 0.410 e. The number of amides is 1. The number of ether oxygens (including phenoxy) is 3. The predicted molar refractivity (Wildman–Crippen MR) is 85.9 cm³/mol. The van der Waals surface area contributed by atoms with Gasteiger partial charge in [-0.2, -0.15) is 0 Å². The van der Waals surface area contributed by atoms with Crippen LogP contribution in [0.25, 0.3) is 0 Å². The molecule has 1 aliphatic heterocycles. The van der Waals surface area contributed by atoms with Crippen LogP contribution in [0.1, 0.15) is 46.5 Å². The van der Waals surface area contributed by atoms with Crippen LogP contribution in [0, 0.1) is 0 Å². The van der Waals surface area contributed by atoms with Crippen LogP contribution in [0.5, 0.6) is 0 Å². The molecule has 0 spiro atoms. The first-order valence-electron chi connectivity index (χ1n) is 8.29. The molecule has 0 bridgehead atoms. The third-order valence-corrected chi connectivity index (χ3v) is 3.42. The molecule has 0 aliphatic carbocycles. The van der Waals surface area contributed by atoms with Gasteiger partial charge >= 0.3 is 6.09 Å². The fourth-order valence-corrected chi connectivity index (χ4v) is 2.26. The number of nitrogens with zero attached hydrogens (tertiary/aromatic N) is 1. The number of unbranched alkanes of at least 4 members (excludes halogenated alkanes) is 1. The standard InChI is InChI=1S/C16H32N2O4/c1-16(2,3)22-15(19)18-9-6-14(7-10-18)21-13-12-20-11-5-4-8-17/h14H,4-13,17H2,1-3H3. The monoisotopic (exact) mass is 316 g/mol. The van der Waals surface area contributed by atoms with Crippen molar-refractivity contribution in [1.82, 2.24) is 4.90 Å². The van der Waals surface area contributed by atoms with Gasteiger partial charge in [0.1, 0.15) is 5.60 Å². The molecule has 0 unspecified atom stereocenters. The summed E-state index contributed by atoms with van der Waals surface area (Å²) in [4.78, 5) is 13.7. The number of rotatable bonds is 8. The van der Waals surface area contributed by atoms with Gasteiger partial charge < -0.3 is 24.8 Å². The van der Waals surface area contributed by atoms with Crippen molar-refractivity contribution in [2.75, 3.05) is 39.5 Å². The second kappa shape index (κ2) is 10.0. The van der Waals surface area contributed by atoms with Gasteiger partial charge in [-0.05, 0) is 53.0 Å². The van der Waals surface area contributed by atoms with Crippen molar-refractivity contribution in [2.45, 2.75) is 58.2 Å². The van der Waals surface area contributed by atoms with E-state index in [-0.39, 0.29) is 12.2 Å². The Morgan fingerprint density at radius 1 is 1.14 bits per heavy atom. The Hall–Kier alpha value is -0.850. The van der Waals surface area contributed by atoms with Crippen LogP contribution < -0.4 is 5.73 Å². The predicted octanol–water partition coefficient (Wildman–Crippen LogP) is 2.16. The molecule has 1 heterocycles. The lowest BCUT2D eigenvalue weighted by Gasteiger charge is -2.33. The van der Waals surface area contributed by atoms with Crippen LogP contribution in [-0.4, -0.2) is 62.2 Å². The van der Waals surface area contributed by atoms with Gasteiger partial charge in [-0.25, -0.2) is 4.79 Å². The summed E-state index contributed by atoms with van der Waals surface area (Å²) in [6, 6.07) is 0. The summed E-state index contributed by atoms with van der Waals surface area (Å²) in [5, 5.41) is 0. The number of carbonyl (C=O) groups is 1. The van der Waals surface area contributed by atoms with Crippen LogP contribution in [-0.2, 0) is 14.2 Å². The van der Waals surface area contributed by atoms with E-state index in [0.717, 1.165) is 38.8 Å². The molecule has 130 valence electrons. The Morgan fingerprint density at radius 2 is 1.82 bits per heavy atom. The van der Waals surface area contributed by atoms with Crippen molar-refractivity contribution in [3.63, 3.8) is 0 Å². The molecule has 0 atom stereocenters. The van der Waals surface area contributed by atoms with E-state index in [9.17, 15) is 4.79 Å². The lowest BCUT2D eigenvalue weighted by Crippen LogP contribution is -2.43. The van der Waals surface area contributed by atoms with Crippen LogP contribution in [0.4, 0.5) is 4.79 Å². The summed E-state index contributed by atoms with van der Waals surface area (Å²) in [6.45, 7) is 9.73. The van der Waals surface area contributed by atoms with Crippen molar-refractivity contribution < 1.29 is 19.0 Å². The average molecular weight is 316 g/mol. The van der Waals surface area contributed by atoms with Crippen LogP contribution in [0.2, 0.25) is 0 Å². The minimum absolute atomic E-state index is 0.214. The van der Waals surface area contributed by atoms with Gasteiger partial charge in [0.2, 0.25) is 0 Å². The zero-order chi connectivity index (χ0) is 16.4. The number of carbonyl (C=O) groups excluding carboxylic acids is 1. The molecule has 0 radical (unpaired) electrons. The molecule has 6 heteroatoms. The highest BCUT2D eigenvalue weighted by molar-refractivity contribution is 5.68. The Labute approximate surface area is 134 Å². The first-order valence-corrected chi connectivity index (χ1v) is 8.29. The van der Waals surface area contributed by atoms with E-state index in [1.807, 2.05) is 20.8 Å². The fourth-order valence-electron chi connectivity index (χ4n) is 2.26. The third-order valence-electron chi connectivity index (χ3n) is 3.42. The molecule has 1 fully saturated rings. The van der Waals surface area contributed by atoms with Gasteiger partial charge in [-0.1, -0.05) is 0 Å². The molecular formula is C16H32N2O4. The lowest BCUT2D eigenvalue weighted by atomic mass is 10.1. The van der Waals surface area contributed by atoms with Crippen molar-refractivity contribution in [1.29, 1.82) is 0 Å². The summed E-state index contributed by atoms with van der Waals surface area (Å²) < 4.78 is 16.6. The second-order valence-electron chi connectivity index (χ2n) is 6.65. The topological polar surface area (TPSA) is 74.0 Å². The van der Waals surface area contributed by atoms with E-state index in [2.05, 4.69) is 0 Å². The highest BCUT2D eigenvalue weighted by Gasteiger charge is 2.26. The molecule has 0 aromatic rings. The molecule has 1 aliphatic rings. The van der Waals surface area contributed by atoms with Crippen molar-refractivity contribution >= 4 is 6.09 Å². The van der Waals surface area contributed by atoms with Crippen molar-refractivity contribution in [3.8, 4) is 0 Å². The minimum atomic E-state index is -0.439. The summed E-state index contributed by atoms with van der Waals surface area (Å²) in [6.07, 6.45) is 3.70. The SMILES string of the molecule is CC(C)(C)OC(=O)N1CCC(OCCOCCCCN)CC1. The van der Waals surface area contributed by atoms with Gasteiger partial charge in [0.05, 0.1) is 19.3 Å². The van der Waals surface area contributed by atoms with Gasteiger partial charge in [0.15, 0.2) is 0 Å². The first kappa shape index (κ1) is 19.2. The molecule has 1 saturated heterocycles. The maximum absolute atomic E-state index is 11.9. The third kappa shape index (κ3) is 8.56. The molecule has 1 rings (SSSR count). The Balaban J connectivity index is 2.06. The maximum atomic E-state index is 11.9. The minimum Gasteiger partial charge on any atom is -0.444 e. The van der Waals surface area contributed by atoms with E-state index in [1.54, 1.807) is 4.90 Å². The second-order valence-corrected chi connectivity index (χ2v) is 6.65. The summed E-state index contributed by atoms with van der Waals surface area (Å²) in [5.74, 6) is 0. The number of likely N-dealkylation sites (tertiary alicyclic amines) is 1. The van der Waals surface area contributed by atoms with Crippen molar-refractivity contribution in [2.24, 2.45) is 5.73 Å². The zero-order valence-electron chi connectivity index (χ0n) is 14.3. The number of piperidine rings is 1. The molecular weight excluding hydrogens is 284 g/mol. The van der Waals surface area contributed by atoms with Gasteiger partial charge in [-0.3, -0.25) is 0 Å². The van der Waals surface area contributed by atoms with Crippen molar-refractivity contribution in [3.05, 3.63) is 0 Å². The van der Waals surface area contributed by atoms with Gasteiger partial charge in [0, 0.05) is 19.7 Å². The van der Waals surface area contributed by atoms with E-state index in [1.165, 1.54) is 0 Å². The van der Waals surface area contributed by atoms with E-state index < -0.39 is 5.60 Å². The number of hydrogen-bond acceptors (Lipinski definition) is 5.